The summed E-state index contributed by atoms with van der Waals surface area (Å²) in [7, 11) is 0. The van der Waals surface area contributed by atoms with Crippen LogP contribution in [-0.4, -0.2) is 41.8 Å². The zero-order valence-corrected chi connectivity index (χ0v) is 26.4. The predicted octanol–water partition coefficient (Wildman–Crippen LogP) is 7.56. The number of nitrogens with zero attached hydrogens (tertiary/aromatic N) is 2. The molecule has 2 aliphatic rings. The van der Waals surface area contributed by atoms with Gasteiger partial charge in [0.15, 0.2) is 11.5 Å². The molecular formula is C37H35ClN2O6. The van der Waals surface area contributed by atoms with Gasteiger partial charge >= 0.3 is 5.97 Å². The van der Waals surface area contributed by atoms with Crippen LogP contribution in [0.5, 0.6) is 23.0 Å². The molecule has 236 valence electrons. The second kappa shape index (κ2) is 14.2. The molecule has 4 aromatic rings. The van der Waals surface area contributed by atoms with Crippen molar-refractivity contribution in [1.29, 1.82) is 5.26 Å². The zero-order chi connectivity index (χ0) is 32.0. The van der Waals surface area contributed by atoms with Crippen molar-refractivity contribution >= 4 is 17.6 Å². The van der Waals surface area contributed by atoms with Crippen LogP contribution in [0.4, 0.5) is 0 Å². The summed E-state index contributed by atoms with van der Waals surface area (Å²) in [5.74, 6) is 1.57. The first-order valence-corrected chi connectivity index (χ1v) is 15.8. The Morgan fingerprint density at radius 3 is 2.63 bits per heavy atom. The molecule has 0 radical (unpaired) electrons. The normalized spacial score (nSPS) is 16.0. The molecule has 0 aliphatic carbocycles. The van der Waals surface area contributed by atoms with Gasteiger partial charge in [-0.25, -0.2) is 0 Å². The third-order valence-corrected chi connectivity index (χ3v) is 8.89. The summed E-state index contributed by atoms with van der Waals surface area (Å²) in [5.41, 5.74) is 6.30. The van der Waals surface area contributed by atoms with E-state index in [4.69, 9.17) is 30.5 Å². The number of piperidine rings is 1. The number of carboxylic acid groups (broad SMARTS) is 1. The fourth-order valence-corrected chi connectivity index (χ4v) is 6.35. The molecule has 9 heteroatoms. The average molecular weight is 639 g/mol. The molecule has 2 aliphatic heterocycles. The lowest BCUT2D eigenvalue weighted by atomic mass is 9.96. The molecule has 4 aromatic carbocycles. The largest absolute Gasteiger partial charge is 0.487 e. The third-order valence-electron chi connectivity index (χ3n) is 8.54. The van der Waals surface area contributed by atoms with E-state index < -0.39 is 12.0 Å². The molecule has 6 rings (SSSR count). The summed E-state index contributed by atoms with van der Waals surface area (Å²) in [4.78, 5) is 14.0. The van der Waals surface area contributed by atoms with Crippen molar-refractivity contribution in [1.82, 2.24) is 4.90 Å². The average Bonchev–Trinajstić information content (AvgIpc) is 3.08. The fourth-order valence-electron chi connectivity index (χ4n) is 6.05. The maximum Gasteiger partial charge on any atom is 0.320 e. The molecule has 0 bridgehead atoms. The molecule has 0 unspecified atom stereocenters. The van der Waals surface area contributed by atoms with Crippen LogP contribution in [0, 0.1) is 18.3 Å². The molecule has 2 heterocycles. The first-order valence-electron chi connectivity index (χ1n) is 15.4. The number of carbonyl (C=O) groups is 1. The van der Waals surface area contributed by atoms with E-state index in [1.165, 1.54) is 0 Å². The predicted molar refractivity (Wildman–Crippen MR) is 175 cm³/mol. The number of nitriles is 1. The van der Waals surface area contributed by atoms with Crippen LogP contribution in [0.2, 0.25) is 5.02 Å². The Hall–Kier alpha value is -4.71. The van der Waals surface area contributed by atoms with E-state index in [1.807, 2.05) is 59.5 Å². The van der Waals surface area contributed by atoms with Gasteiger partial charge < -0.3 is 24.1 Å². The van der Waals surface area contributed by atoms with E-state index in [0.29, 0.717) is 54.8 Å². The lowest BCUT2D eigenvalue weighted by Gasteiger charge is -2.33. The van der Waals surface area contributed by atoms with Crippen LogP contribution in [0.25, 0.3) is 11.1 Å². The number of fused-ring (bicyclic) bond motifs is 1. The van der Waals surface area contributed by atoms with E-state index in [-0.39, 0.29) is 13.2 Å². The van der Waals surface area contributed by atoms with E-state index in [2.05, 4.69) is 19.1 Å². The Morgan fingerprint density at radius 1 is 0.978 bits per heavy atom. The van der Waals surface area contributed by atoms with Crippen molar-refractivity contribution in [2.45, 2.75) is 52.0 Å². The smallest absolute Gasteiger partial charge is 0.320 e. The Bertz CT molecular complexity index is 1780. The quantitative estimate of drug-likeness (QED) is 0.190. The highest BCUT2D eigenvalue weighted by Gasteiger charge is 2.29. The van der Waals surface area contributed by atoms with Crippen molar-refractivity contribution < 1.29 is 28.8 Å². The Morgan fingerprint density at radius 2 is 1.80 bits per heavy atom. The molecule has 1 atom stereocenters. The number of halogens is 1. The van der Waals surface area contributed by atoms with E-state index >= 15 is 0 Å². The third kappa shape index (κ3) is 6.91. The van der Waals surface area contributed by atoms with Crippen LogP contribution in [0.1, 0.15) is 47.1 Å². The number of likely N-dealkylation sites (tertiary alicyclic amines) is 1. The number of carboxylic acids is 1. The summed E-state index contributed by atoms with van der Waals surface area (Å²) in [6.07, 6.45) is 2.42. The van der Waals surface area contributed by atoms with Crippen molar-refractivity contribution in [2.75, 3.05) is 19.8 Å². The second-order valence-corrected chi connectivity index (χ2v) is 11.9. The maximum atomic E-state index is 12.0. The van der Waals surface area contributed by atoms with Gasteiger partial charge in [0.2, 0.25) is 0 Å². The van der Waals surface area contributed by atoms with Crippen molar-refractivity contribution in [3.8, 4) is 40.2 Å². The van der Waals surface area contributed by atoms with E-state index in [1.54, 1.807) is 12.1 Å². The minimum absolute atomic E-state index is 0.185. The van der Waals surface area contributed by atoms with Gasteiger partial charge in [-0.15, -0.1) is 0 Å². The van der Waals surface area contributed by atoms with Crippen molar-refractivity contribution in [3.63, 3.8) is 0 Å². The molecule has 1 fully saturated rings. The van der Waals surface area contributed by atoms with Crippen molar-refractivity contribution in [3.05, 3.63) is 106 Å². The van der Waals surface area contributed by atoms with E-state index in [9.17, 15) is 15.2 Å². The number of benzene rings is 4. The molecular weight excluding hydrogens is 604 g/mol. The lowest BCUT2D eigenvalue weighted by molar-refractivity contribution is -0.144. The van der Waals surface area contributed by atoms with E-state index in [0.717, 1.165) is 57.7 Å². The number of ether oxygens (including phenoxy) is 4. The van der Waals surface area contributed by atoms with Crippen LogP contribution in [-0.2, 0) is 24.6 Å². The lowest BCUT2D eigenvalue weighted by Crippen LogP contribution is -2.44. The standard InChI is InChI=1S/C37H35ClN2O6/c1-24-29(8-5-9-30(24)27-11-13-32-34(19-27)44-17-16-43-32)23-45-33-14-12-28(21-40-15-3-2-10-31(40)37(41)42)36(35(33)38)46-22-26-7-4-6-25(18-26)20-39/h4-9,11-14,18-19,31H,2-3,10,15-17,21-23H2,1H3,(H,41,42)/t31-/m0/s1. The van der Waals surface area contributed by atoms with Crippen molar-refractivity contribution in [2.24, 2.45) is 0 Å². The molecule has 8 nitrogen and oxygen atoms in total. The van der Waals surface area contributed by atoms with Gasteiger partial charge in [0.1, 0.15) is 49.0 Å². The topological polar surface area (TPSA) is 101 Å². The molecule has 1 N–H and O–H groups in total. The highest BCUT2D eigenvalue weighted by atomic mass is 35.5. The Labute approximate surface area is 273 Å². The molecule has 46 heavy (non-hydrogen) atoms. The zero-order valence-electron chi connectivity index (χ0n) is 25.6. The summed E-state index contributed by atoms with van der Waals surface area (Å²) in [5, 5.41) is 19.5. The second-order valence-electron chi connectivity index (χ2n) is 11.5. The minimum Gasteiger partial charge on any atom is -0.487 e. The number of hydrogen-bond acceptors (Lipinski definition) is 7. The van der Waals surface area contributed by atoms with Gasteiger partial charge in [0.25, 0.3) is 0 Å². The van der Waals surface area contributed by atoms with Gasteiger partial charge in [0.05, 0.1) is 11.6 Å². The van der Waals surface area contributed by atoms with Gasteiger partial charge in [-0.05, 0) is 84.5 Å². The fraction of sp³-hybridized carbons (Fsp3) is 0.297. The van der Waals surface area contributed by atoms with Crippen LogP contribution in [0.3, 0.4) is 0 Å². The minimum atomic E-state index is -0.824. The van der Waals surface area contributed by atoms with Gasteiger partial charge in [-0.3, -0.25) is 9.69 Å². The molecule has 0 amide bonds. The first kappa shape index (κ1) is 31.3. The molecule has 1 saturated heterocycles. The Kier molecular flexibility index (Phi) is 9.62. The SMILES string of the molecule is Cc1c(COc2ccc(CN3CCCC[C@H]3C(=O)O)c(OCc3cccc(C#N)c3)c2Cl)cccc1-c1ccc2c(c1)OCCO2. The maximum absolute atomic E-state index is 12.0. The highest BCUT2D eigenvalue weighted by molar-refractivity contribution is 6.33. The molecule has 0 spiro atoms. The highest BCUT2D eigenvalue weighted by Crippen LogP contribution is 2.40. The van der Waals surface area contributed by atoms with Gasteiger partial charge in [0, 0.05) is 12.1 Å². The summed E-state index contributed by atoms with van der Waals surface area (Å²) in [6, 6.07) is 24.6. The van der Waals surface area contributed by atoms with Gasteiger partial charge in [-0.2, -0.15) is 5.26 Å². The van der Waals surface area contributed by atoms with Gasteiger partial charge in [-0.1, -0.05) is 60.5 Å². The summed E-state index contributed by atoms with van der Waals surface area (Å²) in [6.45, 7) is 4.65. The molecule has 0 saturated carbocycles. The van der Waals surface area contributed by atoms with Crippen LogP contribution in [0.15, 0.2) is 72.8 Å². The number of hydrogen-bond donors (Lipinski definition) is 1. The molecule has 0 aromatic heterocycles. The van der Waals surface area contributed by atoms with Crippen LogP contribution >= 0.6 is 11.6 Å². The Balaban J connectivity index is 1.25. The monoisotopic (exact) mass is 638 g/mol. The first-order chi connectivity index (χ1) is 22.4. The summed E-state index contributed by atoms with van der Waals surface area (Å²) >= 11 is 6.99. The number of rotatable bonds is 10. The summed E-state index contributed by atoms with van der Waals surface area (Å²) < 4.78 is 24.1. The number of aliphatic carboxylic acids is 1. The van der Waals surface area contributed by atoms with Crippen LogP contribution < -0.4 is 18.9 Å².